The van der Waals surface area contributed by atoms with Crippen molar-refractivity contribution in [3.63, 3.8) is 0 Å². The maximum atomic E-state index is 14.2. The molecule has 10 aromatic rings. The molecule has 516 valence electrons. The summed E-state index contributed by atoms with van der Waals surface area (Å²) in [4.78, 5) is 76.6. The molecule has 3 N–H and O–H groups in total. The van der Waals surface area contributed by atoms with Crippen molar-refractivity contribution in [2.75, 3.05) is 14.2 Å². The molecule has 19 heteroatoms. The number of amides is 1. The lowest BCUT2D eigenvalue weighted by Gasteiger charge is -2.27. The van der Waals surface area contributed by atoms with Gasteiger partial charge in [0.15, 0.2) is 0 Å². The van der Waals surface area contributed by atoms with Crippen molar-refractivity contribution in [2.24, 2.45) is 0 Å². The summed E-state index contributed by atoms with van der Waals surface area (Å²) in [5.41, 5.74) is 16.2. The highest BCUT2D eigenvalue weighted by atomic mass is 19.1. The number of carboxylic acids is 1. The molecule has 101 heavy (non-hydrogen) atoms. The number of halogens is 4. The number of methoxy groups -OCH3 is 2. The van der Waals surface area contributed by atoms with Crippen LogP contribution < -0.4 is 5.48 Å². The van der Waals surface area contributed by atoms with Crippen LogP contribution >= 0.6 is 0 Å². The van der Waals surface area contributed by atoms with Crippen LogP contribution in [-0.4, -0.2) is 78.3 Å². The number of carbonyl (C=O) groups is 4. The van der Waals surface area contributed by atoms with E-state index < -0.39 is 33.5 Å². The lowest BCUT2D eigenvalue weighted by Crippen LogP contribution is -2.41. The second-order valence-corrected chi connectivity index (χ2v) is 26.4. The van der Waals surface area contributed by atoms with Crippen LogP contribution in [0.4, 0.5) is 17.6 Å². The number of aliphatic carboxylic acids is 1. The van der Waals surface area contributed by atoms with Gasteiger partial charge in [-0.25, -0.2) is 38.0 Å². The first-order valence-electron chi connectivity index (χ1n) is 33.2. The number of aryl methyl sites for hydroxylation is 3. The van der Waals surface area contributed by atoms with E-state index in [4.69, 9.17) is 9.47 Å². The van der Waals surface area contributed by atoms with E-state index >= 15 is 0 Å². The number of aromatic nitrogens is 6. The normalized spacial score (nSPS) is 19.7. The van der Waals surface area contributed by atoms with E-state index in [9.17, 15) is 47.1 Å². The van der Waals surface area contributed by atoms with Gasteiger partial charge < -0.3 is 14.6 Å². The Morgan fingerprint density at radius 1 is 0.406 bits per heavy atom. The third kappa shape index (κ3) is 13.8. The van der Waals surface area contributed by atoms with Gasteiger partial charge in [0.05, 0.1) is 69.8 Å². The first-order valence-corrected chi connectivity index (χ1v) is 33.2. The number of hydroxylamine groups is 1. The molecule has 0 bridgehead atoms. The van der Waals surface area contributed by atoms with Gasteiger partial charge in [0, 0.05) is 18.6 Å². The second kappa shape index (κ2) is 29.1. The maximum Gasteiger partial charge on any atom is 0.320 e. The average Bonchev–Trinajstić information content (AvgIpc) is 1.69. The molecule has 1 amide bonds. The standard InChI is InChI=1S/C23H21FN2O2.C22H20FN3O2.C22H19FN2O2.C15H17FO2/c1-14-13-25-21-11-16(7-8-20(21)26-14)17-9-10-23(12-17,22(27)28-3)18-5-4-6-19(24)15(18)2;1-13-12-24-20-10-15(6-7-19(20)25-13)16-8-9-22(11-16,21(27)26-28)17-4-3-5-18(23)14(17)2;1-13-12-24-20-10-15(6-7-19(20)25-13)16-8-9-22(11-16,21(26)27)17-4-3-5-18(23)14(17)2;1-10-7-8-15(9-10,14(17)18-3)12-5-4-6-13(16)11(12)2/h4-8,11-13H,9-10H2,1-3H3;3-7,10-12,28H,8-9H2,1-2H3,(H,26,27);3-7,10-12H,8-9H2,1-2H3,(H,26,27);4-6,9H,7-8H2,1-3H3/t23-;2*22-;15-/m0000/s1. The van der Waals surface area contributed by atoms with Crippen LogP contribution in [0.1, 0.15) is 137 Å². The van der Waals surface area contributed by atoms with Crippen molar-refractivity contribution in [2.45, 2.75) is 128 Å². The van der Waals surface area contributed by atoms with E-state index in [-0.39, 0.29) is 35.2 Å². The molecule has 0 fully saturated rings. The third-order valence-corrected chi connectivity index (χ3v) is 20.1. The van der Waals surface area contributed by atoms with E-state index in [2.05, 4.69) is 29.9 Å². The second-order valence-electron chi connectivity index (χ2n) is 26.4. The van der Waals surface area contributed by atoms with E-state index in [1.165, 1.54) is 38.5 Å². The minimum Gasteiger partial charge on any atom is -0.480 e. The first-order chi connectivity index (χ1) is 48.3. The summed E-state index contributed by atoms with van der Waals surface area (Å²) in [5, 5.41) is 19.4. The molecule has 0 saturated heterocycles. The Kier molecular flexibility index (Phi) is 20.6. The molecular formula is C82H77F4N7O8. The van der Waals surface area contributed by atoms with Crippen LogP contribution in [0.3, 0.4) is 0 Å². The molecule has 0 radical (unpaired) electrons. The smallest absolute Gasteiger partial charge is 0.320 e. The Balaban J connectivity index is 0.000000137. The molecule has 4 aliphatic rings. The summed E-state index contributed by atoms with van der Waals surface area (Å²) in [7, 11) is 2.75. The van der Waals surface area contributed by atoms with Crippen molar-refractivity contribution in [1.29, 1.82) is 0 Å². The van der Waals surface area contributed by atoms with Gasteiger partial charge in [0.25, 0.3) is 5.91 Å². The van der Waals surface area contributed by atoms with Gasteiger partial charge in [-0.05, 0) is 245 Å². The zero-order valence-electron chi connectivity index (χ0n) is 57.9. The quantitative estimate of drug-likeness (QED) is 0.0361. The summed E-state index contributed by atoms with van der Waals surface area (Å²) in [6.45, 7) is 14.4. The number of benzene rings is 7. The minimum absolute atomic E-state index is 0.284. The highest BCUT2D eigenvalue weighted by molar-refractivity contribution is 5.96. The summed E-state index contributed by atoms with van der Waals surface area (Å²) in [6, 6.07) is 36.6. The summed E-state index contributed by atoms with van der Waals surface area (Å²) in [6.07, 6.45) is 17.4. The SMILES string of the molecule is COC(=O)[C@]1(c2cccc(F)c2C)C=C(C)CC1.COC(=O)[C@]1(c2cccc(F)c2C)C=C(c2ccc3nc(C)cnc3c2)CC1.Cc1cnc2cc(C3=C[C@](C(=O)NO)(c4cccc(F)c4C)CC3)ccc2n1.Cc1cnc2cc(C3=C[C@](C(=O)O)(c4cccc(F)c4C)CC3)ccc2n1. The van der Waals surface area contributed by atoms with Crippen LogP contribution in [0, 0.1) is 71.7 Å². The first kappa shape index (κ1) is 71.4. The lowest BCUT2D eigenvalue weighted by molar-refractivity contribution is -0.146. The largest absolute Gasteiger partial charge is 0.480 e. The number of carbonyl (C=O) groups excluding carboxylic acids is 3. The van der Waals surface area contributed by atoms with Crippen molar-refractivity contribution in [3.8, 4) is 0 Å². The molecule has 4 aliphatic carbocycles. The van der Waals surface area contributed by atoms with Gasteiger partial charge in [-0.1, -0.05) is 96.6 Å². The topological polar surface area (TPSA) is 217 Å². The number of esters is 2. The Morgan fingerprint density at radius 3 is 1.05 bits per heavy atom. The molecule has 14 rings (SSSR count). The minimum atomic E-state index is -1.21. The molecule has 15 nitrogen and oxygen atoms in total. The summed E-state index contributed by atoms with van der Waals surface area (Å²) >= 11 is 0. The van der Waals surface area contributed by atoms with Gasteiger partial charge in [0.2, 0.25) is 0 Å². The number of hydrogen-bond acceptors (Lipinski definition) is 13. The monoisotopic (exact) mass is 1360 g/mol. The molecule has 7 aromatic carbocycles. The Morgan fingerprint density at radius 2 is 0.713 bits per heavy atom. The number of fused-ring (bicyclic) bond motifs is 3. The van der Waals surface area contributed by atoms with Gasteiger partial charge >= 0.3 is 17.9 Å². The molecule has 4 atom stereocenters. The van der Waals surface area contributed by atoms with Crippen LogP contribution in [0.25, 0.3) is 49.8 Å². The molecule has 0 spiro atoms. The van der Waals surface area contributed by atoms with Crippen LogP contribution in [0.15, 0.2) is 176 Å². The molecule has 3 heterocycles. The highest BCUT2D eigenvalue weighted by Crippen LogP contribution is 2.49. The number of ether oxygens (including phenoxy) is 2. The molecule has 0 saturated carbocycles. The zero-order valence-corrected chi connectivity index (χ0v) is 57.9. The van der Waals surface area contributed by atoms with Gasteiger partial charge in [-0.3, -0.25) is 39.3 Å². The number of allylic oxidation sites excluding steroid dienone is 4. The van der Waals surface area contributed by atoms with Gasteiger partial charge in [-0.2, -0.15) is 0 Å². The third-order valence-electron chi connectivity index (χ3n) is 20.1. The number of nitrogens with zero attached hydrogens (tertiary/aromatic N) is 6. The van der Waals surface area contributed by atoms with Gasteiger partial charge in [-0.15, -0.1) is 0 Å². The van der Waals surface area contributed by atoms with Crippen molar-refractivity contribution < 1.29 is 56.5 Å². The van der Waals surface area contributed by atoms with Crippen LogP contribution in [0.5, 0.6) is 0 Å². The Bertz CT molecular complexity index is 4930. The zero-order chi connectivity index (χ0) is 72.3. The fourth-order valence-electron chi connectivity index (χ4n) is 14.7. The number of carboxylic acid groups (broad SMARTS) is 1. The predicted molar refractivity (Wildman–Crippen MR) is 380 cm³/mol. The van der Waals surface area contributed by atoms with Crippen LogP contribution in [-0.2, 0) is 50.3 Å². The van der Waals surface area contributed by atoms with Gasteiger partial charge in [0.1, 0.15) is 39.5 Å². The van der Waals surface area contributed by atoms with E-state index in [0.29, 0.717) is 89.5 Å². The van der Waals surface area contributed by atoms with Crippen molar-refractivity contribution in [1.82, 2.24) is 35.4 Å². The molecule has 3 aromatic heterocycles. The van der Waals surface area contributed by atoms with E-state index in [1.54, 1.807) is 94.2 Å². The highest BCUT2D eigenvalue weighted by Gasteiger charge is 2.47. The molecular weight excluding hydrogens is 1290 g/mol. The summed E-state index contributed by atoms with van der Waals surface area (Å²) in [5.74, 6) is -3.56. The Hall–Kier alpha value is -10.9. The van der Waals surface area contributed by atoms with Crippen molar-refractivity contribution in [3.05, 3.63) is 277 Å². The van der Waals surface area contributed by atoms with Crippen molar-refractivity contribution >= 4 is 73.6 Å². The average molecular weight is 1360 g/mol. The van der Waals surface area contributed by atoms with E-state index in [1.807, 2.05) is 113 Å². The number of nitrogens with one attached hydrogen (secondary N) is 1. The fourth-order valence-corrected chi connectivity index (χ4v) is 14.7. The molecule has 0 aliphatic heterocycles. The summed E-state index contributed by atoms with van der Waals surface area (Å²) < 4.78 is 66.2. The molecule has 0 unspecified atom stereocenters. The number of hydrogen-bond donors (Lipinski definition) is 3. The maximum absolute atomic E-state index is 14.2. The Labute approximate surface area is 582 Å². The predicted octanol–water partition coefficient (Wildman–Crippen LogP) is 16.6. The van der Waals surface area contributed by atoms with Crippen LogP contribution in [0.2, 0.25) is 0 Å². The fraction of sp³-hybridized carbons (Fsp3) is 0.268. The lowest BCUT2D eigenvalue weighted by atomic mass is 9.77. The number of rotatable bonds is 11. The van der Waals surface area contributed by atoms with E-state index in [0.717, 1.165) is 95.6 Å².